The molecule has 0 aromatic carbocycles. The average Bonchev–Trinajstić information content (AvgIpc) is 2.13. The Balaban J connectivity index is 1.90. The fraction of sp³-hybridized carbons (Fsp3) is 1.00. The lowest BCUT2D eigenvalue weighted by Crippen LogP contribution is -2.54. The van der Waals surface area contributed by atoms with Crippen molar-refractivity contribution in [1.29, 1.82) is 0 Å². The molecule has 0 radical (unpaired) electrons. The maximum absolute atomic E-state index is 10.6. The number of hydrogen-bond donors (Lipinski definition) is 2. The summed E-state index contributed by atoms with van der Waals surface area (Å²) in [6, 6.07) is 0.747. The third kappa shape index (κ3) is 3.67. The van der Waals surface area contributed by atoms with E-state index in [1.165, 1.54) is 19.3 Å². The van der Waals surface area contributed by atoms with Crippen LogP contribution in [0.2, 0.25) is 0 Å². The van der Waals surface area contributed by atoms with Gasteiger partial charge in [-0.25, -0.2) is 0 Å². The number of piperidine rings is 1. The molecule has 0 bridgehead atoms. The summed E-state index contributed by atoms with van der Waals surface area (Å²) in [6.45, 7) is 8.52. The number of rotatable bonds is 5. The Hall–Kier alpha value is -0.120. The summed E-state index contributed by atoms with van der Waals surface area (Å²) in [5.74, 6) is 0.695. The van der Waals surface area contributed by atoms with Crippen LogP contribution in [0.3, 0.4) is 0 Å². The van der Waals surface area contributed by atoms with E-state index in [-0.39, 0.29) is 0 Å². The van der Waals surface area contributed by atoms with Gasteiger partial charge in [0.15, 0.2) is 0 Å². The van der Waals surface area contributed by atoms with E-state index in [1.807, 2.05) is 0 Å². The summed E-state index contributed by atoms with van der Waals surface area (Å²) in [6.07, 6.45) is 5.87. The van der Waals surface area contributed by atoms with Gasteiger partial charge >= 0.3 is 0 Å². The van der Waals surface area contributed by atoms with E-state index >= 15 is 0 Å². The molecule has 3 nitrogen and oxygen atoms in total. The lowest BCUT2D eigenvalue weighted by Gasteiger charge is -2.44. The maximum Gasteiger partial charge on any atom is 0.0798 e. The molecule has 0 aromatic rings. The zero-order valence-corrected chi connectivity index (χ0v) is 11.4. The van der Waals surface area contributed by atoms with Gasteiger partial charge in [0, 0.05) is 19.1 Å². The van der Waals surface area contributed by atoms with Gasteiger partial charge in [0.25, 0.3) is 0 Å². The van der Waals surface area contributed by atoms with E-state index in [2.05, 4.69) is 24.1 Å². The van der Waals surface area contributed by atoms with E-state index in [0.717, 1.165) is 45.1 Å². The van der Waals surface area contributed by atoms with Crippen molar-refractivity contribution in [1.82, 2.24) is 10.2 Å². The molecule has 0 aromatic heterocycles. The lowest BCUT2D eigenvalue weighted by atomic mass is 9.86. The first-order valence-electron chi connectivity index (χ1n) is 7.26. The quantitative estimate of drug-likeness (QED) is 0.766. The molecule has 2 aliphatic rings. The highest BCUT2D eigenvalue weighted by Crippen LogP contribution is 2.29. The summed E-state index contributed by atoms with van der Waals surface area (Å²) >= 11 is 0. The molecule has 100 valence electrons. The molecule has 2 N–H and O–H groups in total. The number of nitrogens with zero attached hydrogens (tertiary/aromatic N) is 1. The topological polar surface area (TPSA) is 35.5 Å². The van der Waals surface area contributed by atoms with Gasteiger partial charge in [-0.15, -0.1) is 0 Å². The zero-order chi connectivity index (χ0) is 12.3. The Morgan fingerprint density at radius 1 is 1.29 bits per heavy atom. The van der Waals surface area contributed by atoms with E-state index in [4.69, 9.17) is 0 Å². The highest BCUT2D eigenvalue weighted by molar-refractivity contribution is 4.91. The van der Waals surface area contributed by atoms with Crippen LogP contribution in [0, 0.1) is 5.92 Å². The highest BCUT2D eigenvalue weighted by Gasteiger charge is 2.35. The fourth-order valence-corrected chi connectivity index (χ4v) is 2.99. The molecule has 17 heavy (non-hydrogen) atoms. The minimum Gasteiger partial charge on any atom is -0.388 e. The van der Waals surface area contributed by atoms with E-state index in [1.54, 1.807) is 0 Å². The lowest BCUT2D eigenvalue weighted by molar-refractivity contribution is -0.0430. The van der Waals surface area contributed by atoms with Gasteiger partial charge < -0.3 is 10.4 Å². The Morgan fingerprint density at radius 2 is 1.94 bits per heavy atom. The summed E-state index contributed by atoms with van der Waals surface area (Å²) in [4.78, 5) is 2.56. The zero-order valence-electron chi connectivity index (χ0n) is 11.4. The van der Waals surface area contributed by atoms with Gasteiger partial charge in [-0.2, -0.15) is 0 Å². The maximum atomic E-state index is 10.6. The molecule has 1 aliphatic carbocycles. The first-order valence-corrected chi connectivity index (χ1v) is 7.26. The second-order valence-corrected chi connectivity index (χ2v) is 6.38. The first kappa shape index (κ1) is 13.3. The number of hydrogen-bond acceptors (Lipinski definition) is 3. The van der Waals surface area contributed by atoms with Crippen molar-refractivity contribution in [3.63, 3.8) is 0 Å². The normalized spacial score (nSPS) is 25.2. The molecular weight excluding hydrogens is 212 g/mol. The summed E-state index contributed by atoms with van der Waals surface area (Å²) in [5, 5.41) is 14.0. The van der Waals surface area contributed by atoms with Crippen molar-refractivity contribution in [2.45, 2.75) is 57.6 Å². The Labute approximate surface area is 106 Å². The SMILES string of the molecule is CC(C)CN(CC1(O)CCNCC1)C1CCC1. The van der Waals surface area contributed by atoms with Crippen LogP contribution in [-0.4, -0.2) is 47.8 Å². The largest absolute Gasteiger partial charge is 0.388 e. The molecular formula is C14H28N2O. The standard InChI is InChI=1S/C14H28N2O/c1-12(2)10-16(13-4-3-5-13)11-14(17)6-8-15-9-7-14/h12-13,15,17H,3-11H2,1-2H3. The molecule has 1 saturated carbocycles. The van der Waals surface area contributed by atoms with E-state index in [9.17, 15) is 5.11 Å². The second-order valence-electron chi connectivity index (χ2n) is 6.38. The molecule has 2 rings (SSSR count). The predicted molar refractivity (Wildman–Crippen MR) is 71.1 cm³/mol. The van der Waals surface area contributed by atoms with E-state index < -0.39 is 5.60 Å². The van der Waals surface area contributed by atoms with Gasteiger partial charge in [-0.05, 0) is 44.7 Å². The monoisotopic (exact) mass is 240 g/mol. The average molecular weight is 240 g/mol. The number of nitrogens with one attached hydrogen (secondary N) is 1. The van der Waals surface area contributed by atoms with Crippen molar-refractivity contribution in [3.05, 3.63) is 0 Å². The molecule has 3 heteroatoms. The molecule has 1 saturated heterocycles. The Kier molecular flexibility index (Phi) is 4.45. The summed E-state index contributed by atoms with van der Waals surface area (Å²) in [7, 11) is 0. The highest BCUT2D eigenvalue weighted by atomic mass is 16.3. The first-order chi connectivity index (χ1) is 8.09. The molecule has 0 unspecified atom stereocenters. The molecule has 1 aliphatic heterocycles. The van der Waals surface area contributed by atoms with Crippen LogP contribution < -0.4 is 5.32 Å². The van der Waals surface area contributed by atoms with Crippen molar-refractivity contribution < 1.29 is 5.11 Å². The van der Waals surface area contributed by atoms with Gasteiger partial charge in [0.2, 0.25) is 0 Å². The van der Waals surface area contributed by atoms with Crippen LogP contribution >= 0.6 is 0 Å². The van der Waals surface area contributed by atoms with Gasteiger partial charge in [-0.1, -0.05) is 20.3 Å². The van der Waals surface area contributed by atoms with Crippen molar-refractivity contribution in [3.8, 4) is 0 Å². The van der Waals surface area contributed by atoms with Crippen LogP contribution in [0.25, 0.3) is 0 Å². The van der Waals surface area contributed by atoms with Gasteiger partial charge in [0.1, 0.15) is 0 Å². The molecule has 0 amide bonds. The number of aliphatic hydroxyl groups is 1. The third-order valence-corrected chi connectivity index (χ3v) is 4.22. The van der Waals surface area contributed by atoms with Crippen LogP contribution in [-0.2, 0) is 0 Å². The minimum absolute atomic E-state index is 0.435. The van der Waals surface area contributed by atoms with Gasteiger partial charge in [0.05, 0.1) is 5.60 Å². The fourth-order valence-electron chi connectivity index (χ4n) is 2.99. The summed E-state index contributed by atoms with van der Waals surface area (Å²) < 4.78 is 0. The molecule has 0 atom stereocenters. The van der Waals surface area contributed by atoms with Crippen LogP contribution in [0.5, 0.6) is 0 Å². The minimum atomic E-state index is -0.435. The van der Waals surface area contributed by atoms with Crippen molar-refractivity contribution in [2.24, 2.45) is 5.92 Å². The van der Waals surface area contributed by atoms with Crippen molar-refractivity contribution in [2.75, 3.05) is 26.2 Å². The Morgan fingerprint density at radius 3 is 2.41 bits per heavy atom. The molecule has 2 fully saturated rings. The second kappa shape index (κ2) is 5.68. The predicted octanol–water partition coefficient (Wildman–Crippen LogP) is 1.61. The molecule has 0 spiro atoms. The van der Waals surface area contributed by atoms with Crippen LogP contribution in [0.1, 0.15) is 46.0 Å². The van der Waals surface area contributed by atoms with Crippen molar-refractivity contribution >= 4 is 0 Å². The van der Waals surface area contributed by atoms with E-state index in [0.29, 0.717) is 5.92 Å². The Bertz CT molecular complexity index is 232. The third-order valence-electron chi connectivity index (χ3n) is 4.22. The van der Waals surface area contributed by atoms with Crippen LogP contribution in [0.15, 0.2) is 0 Å². The summed E-state index contributed by atoms with van der Waals surface area (Å²) in [5.41, 5.74) is -0.435. The van der Waals surface area contributed by atoms with Gasteiger partial charge in [-0.3, -0.25) is 4.90 Å². The molecule has 1 heterocycles. The van der Waals surface area contributed by atoms with Crippen LogP contribution in [0.4, 0.5) is 0 Å². The smallest absolute Gasteiger partial charge is 0.0798 e.